The number of likely N-dealkylation sites (tertiary alicyclic amines) is 1. The van der Waals surface area contributed by atoms with Crippen LogP contribution in [0.4, 0.5) is 0 Å². The molecule has 0 radical (unpaired) electrons. The van der Waals surface area contributed by atoms with E-state index in [9.17, 15) is 0 Å². The average molecular weight is 449 g/mol. The molecular formula is C27H64N2O2. The van der Waals surface area contributed by atoms with Gasteiger partial charge in [0.05, 0.1) is 0 Å². The van der Waals surface area contributed by atoms with Crippen molar-refractivity contribution in [2.45, 2.75) is 133 Å². The molecule has 4 nitrogen and oxygen atoms in total. The molecule has 2 fully saturated rings. The molecule has 5 N–H and O–H groups in total. The summed E-state index contributed by atoms with van der Waals surface area (Å²) >= 11 is 0. The van der Waals surface area contributed by atoms with Crippen molar-refractivity contribution in [1.82, 2.24) is 10.2 Å². The maximum absolute atomic E-state index is 3.51. The van der Waals surface area contributed by atoms with E-state index in [1.54, 1.807) is 0 Å². The maximum Gasteiger partial charge on any atom is 0.0240 e. The number of rotatable bonds is 6. The van der Waals surface area contributed by atoms with E-state index in [2.05, 4.69) is 79.6 Å². The topological polar surface area (TPSA) is 78.3 Å². The van der Waals surface area contributed by atoms with Gasteiger partial charge in [-0.15, -0.1) is 0 Å². The minimum absolute atomic E-state index is 0. The van der Waals surface area contributed by atoms with Crippen LogP contribution in [0.2, 0.25) is 0 Å². The van der Waals surface area contributed by atoms with Gasteiger partial charge in [0.2, 0.25) is 0 Å². The van der Waals surface area contributed by atoms with Gasteiger partial charge < -0.3 is 16.3 Å². The number of nitrogens with one attached hydrogen (secondary N) is 1. The molecule has 2 rings (SSSR count). The SMILES string of the molecule is C.C1CCCC1.CCC(C)C.CCC1CCN([C@H](C)[C@H](NC)C(C)C)CC1(C)C.O.O. The summed E-state index contributed by atoms with van der Waals surface area (Å²) in [5.74, 6) is 2.47. The highest BCUT2D eigenvalue weighted by Crippen LogP contribution is 2.38. The zero-order valence-electron chi connectivity index (χ0n) is 22.4. The van der Waals surface area contributed by atoms with Gasteiger partial charge in [0.15, 0.2) is 0 Å². The number of nitrogens with zero attached hydrogens (tertiary/aromatic N) is 1. The lowest BCUT2D eigenvalue weighted by atomic mass is 9.72. The fraction of sp³-hybridized carbons (Fsp3) is 1.00. The molecule has 4 heteroatoms. The minimum Gasteiger partial charge on any atom is -0.412 e. The second-order valence-electron chi connectivity index (χ2n) is 10.7. The Morgan fingerprint density at radius 3 is 1.58 bits per heavy atom. The normalized spacial score (nSPS) is 21.9. The van der Waals surface area contributed by atoms with Crippen LogP contribution in [0.3, 0.4) is 0 Å². The Bertz CT molecular complexity index is 361. The molecule has 0 spiro atoms. The maximum atomic E-state index is 3.51. The lowest BCUT2D eigenvalue weighted by Gasteiger charge is -2.48. The summed E-state index contributed by atoms with van der Waals surface area (Å²) < 4.78 is 0. The number of hydrogen-bond donors (Lipinski definition) is 1. The Labute approximate surface area is 198 Å². The first-order valence-electron chi connectivity index (χ1n) is 12.5. The quantitative estimate of drug-likeness (QED) is 0.512. The molecule has 3 atom stereocenters. The Morgan fingerprint density at radius 1 is 0.903 bits per heavy atom. The first-order chi connectivity index (χ1) is 13.1. The van der Waals surface area contributed by atoms with Crippen molar-refractivity contribution in [3.05, 3.63) is 0 Å². The van der Waals surface area contributed by atoms with Gasteiger partial charge in [-0.1, -0.05) is 108 Å². The third kappa shape index (κ3) is 15.3. The van der Waals surface area contributed by atoms with Crippen molar-refractivity contribution in [3.8, 4) is 0 Å². The van der Waals surface area contributed by atoms with E-state index in [-0.39, 0.29) is 18.4 Å². The molecule has 0 aromatic rings. The monoisotopic (exact) mass is 448 g/mol. The summed E-state index contributed by atoms with van der Waals surface area (Å²) in [5.41, 5.74) is 0.469. The lowest BCUT2D eigenvalue weighted by molar-refractivity contribution is 0.0163. The molecule has 1 unspecified atom stereocenters. The molecule has 0 bridgehead atoms. The van der Waals surface area contributed by atoms with E-state index >= 15 is 0 Å². The van der Waals surface area contributed by atoms with E-state index in [4.69, 9.17) is 0 Å². The van der Waals surface area contributed by atoms with Gasteiger partial charge in [0.25, 0.3) is 0 Å². The molecule has 194 valence electrons. The van der Waals surface area contributed by atoms with Crippen LogP contribution in [0.15, 0.2) is 0 Å². The van der Waals surface area contributed by atoms with Crippen molar-refractivity contribution >= 4 is 0 Å². The minimum atomic E-state index is 0. The molecule has 0 amide bonds. The molecule has 1 saturated carbocycles. The van der Waals surface area contributed by atoms with Crippen LogP contribution in [0, 0.1) is 23.2 Å². The first-order valence-corrected chi connectivity index (χ1v) is 12.5. The van der Waals surface area contributed by atoms with Crippen LogP contribution in [0.1, 0.15) is 121 Å². The van der Waals surface area contributed by atoms with Gasteiger partial charge in [0, 0.05) is 18.6 Å². The van der Waals surface area contributed by atoms with Gasteiger partial charge in [-0.25, -0.2) is 0 Å². The molecule has 1 saturated heterocycles. The smallest absolute Gasteiger partial charge is 0.0240 e. The molecule has 1 aliphatic heterocycles. The summed E-state index contributed by atoms with van der Waals surface area (Å²) in [5, 5.41) is 3.51. The Hall–Kier alpha value is -0.160. The summed E-state index contributed by atoms with van der Waals surface area (Å²) in [6, 6.07) is 1.23. The Morgan fingerprint density at radius 2 is 1.32 bits per heavy atom. The summed E-state index contributed by atoms with van der Waals surface area (Å²) in [6.07, 6.45) is 11.5. The average Bonchev–Trinajstić information content (AvgIpc) is 3.21. The second kappa shape index (κ2) is 20.4. The molecule has 2 aliphatic rings. The lowest BCUT2D eigenvalue weighted by Crippen LogP contribution is -2.56. The van der Waals surface area contributed by atoms with Crippen molar-refractivity contribution in [1.29, 1.82) is 0 Å². The summed E-state index contributed by atoms with van der Waals surface area (Å²) in [6.45, 7) is 23.4. The van der Waals surface area contributed by atoms with Crippen LogP contribution in [-0.4, -0.2) is 48.1 Å². The van der Waals surface area contributed by atoms with Crippen molar-refractivity contribution in [2.24, 2.45) is 23.2 Å². The molecule has 0 aromatic heterocycles. The fourth-order valence-corrected chi connectivity index (χ4v) is 4.79. The van der Waals surface area contributed by atoms with Gasteiger partial charge in [-0.3, -0.25) is 4.90 Å². The van der Waals surface area contributed by atoms with Crippen LogP contribution in [0.25, 0.3) is 0 Å². The van der Waals surface area contributed by atoms with Gasteiger partial charge in [0.1, 0.15) is 0 Å². The van der Waals surface area contributed by atoms with E-state index in [0.717, 1.165) is 11.8 Å². The molecule has 1 heterocycles. The van der Waals surface area contributed by atoms with Crippen LogP contribution in [-0.2, 0) is 0 Å². The number of piperidine rings is 1. The standard InChI is InChI=1S/C16H34N2.C5H10.C5H12.CH4.2H2O/c1-8-14-9-10-18(11-16(14,5)6)13(4)15(17-7)12(2)3;1-2-4-5-3-1;1-4-5(2)3;;;/h12-15,17H,8-11H2,1-7H3;1-5H2;5H,4H2,1-3H3;1H4;2*1H2/t13-,14?,15-;;;;;/m1...../s1. The van der Waals surface area contributed by atoms with Crippen LogP contribution in [0.5, 0.6) is 0 Å². The summed E-state index contributed by atoms with van der Waals surface area (Å²) in [4.78, 5) is 2.70. The highest BCUT2D eigenvalue weighted by atomic mass is 16.0. The van der Waals surface area contributed by atoms with Crippen molar-refractivity contribution in [3.63, 3.8) is 0 Å². The van der Waals surface area contributed by atoms with Crippen LogP contribution < -0.4 is 5.32 Å². The van der Waals surface area contributed by atoms with Crippen molar-refractivity contribution < 1.29 is 11.0 Å². The number of likely N-dealkylation sites (N-methyl/N-ethyl adjacent to an activating group) is 1. The zero-order valence-corrected chi connectivity index (χ0v) is 22.4. The third-order valence-electron chi connectivity index (χ3n) is 7.19. The highest BCUT2D eigenvalue weighted by Gasteiger charge is 2.37. The molecule has 0 aromatic carbocycles. The van der Waals surface area contributed by atoms with Gasteiger partial charge >= 0.3 is 0 Å². The van der Waals surface area contributed by atoms with Gasteiger partial charge in [-0.05, 0) is 50.1 Å². The third-order valence-corrected chi connectivity index (χ3v) is 7.19. The predicted octanol–water partition coefficient (Wildman–Crippen LogP) is 6.37. The molecule has 31 heavy (non-hydrogen) atoms. The number of hydrogen-bond acceptors (Lipinski definition) is 2. The van der Waals surface area contributed by atoms with Crippen molar-refractivity contribution in [2.75, 3.05) is 20.1 Å². The highest BCUT2D eigenvalue weighted by molar-refractivity contribution is 4.91. The second-order valence-corrected chi connectivity index (χ2v) is 10.7. The van der Waals surface area contributed by atoms with Gasteiger partial charge in [-0.2, -0.15) is 0 Å². The van der Waals surface area contributed by atoms with E-state index in [1.165, 1.54) is 64.5 Å². The van der Waals surface area contributed by atoms with E-state index in [1.807, 2.05) is 0 Å². The fourth-order valence-electron chi connectivity index (χ4n) is 4.79. The van der Waals surface area contributed by atoms with E-state index in [0.29, 0.717) is 23.4 Å². The predicted molar refractivity (Wildman–Crippen MR) is 143 cm³/mol. The Kier molecular flexibility index (Phi) is 25.1. The first kappa shape index (κ1) is 38.1. The molecule has 1 aliphatic carbocycles. The molecular weight excluding hydrogens is 384 g/mol. The van der Waals surface area contributed by atoms with E-state index < -0.39 is 0 Å². The summed E-state index contributed by atoms with van der Waals surface area (Å²) in [7, 11) is 2.10. The van der Waals surface area contributed by atoms with Crippen LogP contribution >= 0.6 is 0 Å². The Balaban J connectivity index is -0.000000234. The zero-order chi connectivity index (χ0) is 21.7. The largest absolute Gasteiger partial charge is 0.412 e.